The molecule has 138 valence electrons. The maximum absolute atomic E-state index is 12.3. The summed E-state index contributed by atoms with van der Waals surface area (Å²) in [5, 5.41) is 3.07. The predicted molar refractivity (Wildman–Crippen MR) is 114 cm³/mol. The number of nitrogens with zero attached hydrogens (tertiary/aromatic N) is 1. The van der Waals surface area contributed by atoms with Crippen molar-refractivity contribution in [1.29, 1.82) is 0 Å². The maximum atomic E-state index is 12.3. The van der Waals surface area contributed by atoms with Crippen molar-refractivity contribution in [2.24, 2.45) is 5.92 Å². The van der Waals surface area contributed by atoms with E-state index in [9.17, 15) is 4.79 Å². The number of nitrogens with one attached hydrogen (secondary N) is 1. The van der Waals surface area contributed by atoms with Crippen LogP contribution < -0.4 is 5.32 Å². The zero-order valence-corrected chi connectivity index (χ0v) is 17.3. The number of amides is 1. The fourth-order valence-electron chi connectivity index (χ4n) is 4.27. The average molecular weight is 454 g/mol. The zero-order chi connectivity index (χ0) is 17.5. The Morgan fingerprint density at radius 2 is 1.72 bits per heavy atom. The van der Waals surface area contributed by atoms with Crippen LogP contribution in [0, 0.1) is 5.92 Å². The van der Waals surface area contributed by atoms with E-state index in [1.54, 1.807) is 0 Å². The first-order valence-corrected chi connectivity index (χ1v) is 11.5. The molecule has 1 saturated heterocycles. The van der Waals surface area contributed by atoms with Gasteiger partial charge in [0.1, 0.15) is 0 Å². The van der Waals surface area contributed by atoms with Gasteiger partial charge in [-0.15, -0.1) is 0 Å². The number of halogens is 1. The SMILES string of the molecule is O=C(CN1CCC(CCI)CC1)Nc1ccc(C2CCCCC2)cc1. The van der Waals surface area contributed by atoms with Crippen LogP contribution in [0.2, 0.25) is 0 Å². The standard InChI is InChI=1S/C21H31IN2O/c22-13-10-17-11-14-24(15-12-17)16-21(25)23-20-8-6-19(7-9-20)18-4-2-1-3-5-18/h6-9,17-18H,1-5,10-16H2,(H,23,25). The fraction of sp³-hybridized carbons (Fsp3) is 0.667. The lowest BCUT2D eigenvalue weighted by Crippen LogP contribution is -2.39. The number of hydrogen-bond acceptors (Lipinski definition) is 2. The second-order valence-corrected chi connectivity index (χ2v) is 8.78. The van der Waals surface area contributed by atoms with Crippen LogP contribution in [0.4, 0.5) is 5.69 Å². The van der Waals surface area contributed by atoms with Gasteiger partial charge in [0.05, 0.1) is 6.54 Å². The van der Waals surface area contributed by atoms with Crippen molar-refractivity contribution in [3.05, 3.63) is 29.8 Å². The van der Waals surface area contributed by atoms with Gasteiger partial charge in [0.25, 0.3) is 0 Å². The van der Waals surface area contributed by atoms with Crippen LogP contribution in [0.25, 0.3) is 0 Å². The van der Waals surface area contributed by atoms with Gasteiger partial charge in [0.15, 0.2) is 0 Å². The van der Waals surface area contributed by atoms with Gasteiger partial charge >= 0.3 is 0 Å². The van der Waals surface area contributed by atoms with Gasteiger partial charge in [-0.05, 0) is 79.2 Å². The van der Waals surface area contributed by atoms with Crippen molar-refractivity contribution in [3.63, 3.8) is 0 Å². The summed E-state index contributed by atoms with van der Waals surface area (Å²) in [6.45, 7) is 2.66. The van der Waals surface area contributed by atoms with E-state index in [4.69, 9.17) is 0 Å². The van der Waals surface area contributed by atoms with Crippen LogP contribution in [0.1, 0.15) is 62.8 Å². The highest BCUT2D eigenvalue weighted by Gasteiger charge is 2.20. The molecule has 2 fully saturated rings. The molecular formula is C21H31IN2O. The summed E-state index contributed by atoms with van der Waals surface area (Å²) in [5.74, 6) is 1.71. The Bertz CT molecular complexity index is 531. The molecule has 3 rings (SSSR count). The molecule has 1 amide bonds. The lowest BCUT2D eigenvalue weighted by molar-refractivity contribution is -0.117. The first-order valence-electron chi connectivity index (χ1n) is 9.92. The number of benzene rings is 1. The molecule has 1 aliphatic carbocycles. The Balaban J connectivity index is 1.43. The van der Waals surface area contributed by atoms with Crippen molar-refractivity contribution < 1.29 is 4.79 Å². The second kappa shape index (κ2) is 9.91. The molecule has 3 nitrogen and oxygen atoms in total. The quantitative estimate of drug-likeness (QED) is 0.473. The Morgan fingerprint density at radius 1 is 1.04 bits per heavy atom. The van der Waals surface area contributed by atoms with Crippen molar-refractivity contribution >= 4 is 34.2 Å². The molecule has 1 aliphatic heterocycles. The summed E-state index contributed by atoms with van der Waals surface area (Å²) in [6, 6.07) is 8.57. The number of alkyl halides is 1. The van der Waals surface area contributed by atoms with Crippen molar-refractivity contribution in [1.82, 2.24) is 4.90 Å². The molecule has 0 bridgehead atoms. The van der Waals surface area contributed by atoms with Crippen LogP contribution in [-0.4, -0.2) is 34.9 Å². The van der Waals surface area contributed by atoms with E-state index in [0.717, 1.165) is 30.6 Å². The topological polar surface area (TPSA) is 32.3 Å². The monoisotopic (exact) mass is 454 g/mol. The fourth-order valence-corrected chi connectivity index (χ4v) is 5.15. The van der Waals surface area contributed by atoms with Crippen molar-refractivity contribution in [3.8, 4) is 0 Å². The molecule has 0 atom stereocenters. The molecule has 2 aliphatic rings. The first kappa shape index (κ1) is 19.2. The predicted octanol–water partition coefficient (Wildman–Crippen LogP) is 5.21. The molecule has 1 aromatic rings. The van der Waals surface area contributed by atoms with Gasteiger partial charge < -0.3 is 5.32 Å². The van der Waals surface area contributed by atoms with E-state index in [0.29, 0.717) is 6.54 Å². The third kappa shape index (κ3) is 5.95. The first-order chi connectivity index (χ1) is 12.2. The lowest BCUT2D eigenvalue weighted by atomic mass is 9.84. The molecule has 0 aromatic heterocycles. The minimum Gasteiger partial charge on any atom is -0.325 e. The number of anilines is 1. The molecule has 1 aromatic carbocycles. The number of carbonyl (C=O) groups is 1. The highest BCUT2D eigenvalue weighted by Crippen LogP contribution is 2.33. The van der Waals surface area contributed by atoms with E-state index < -0.39 is 0 Å². The summed E-state index contributed by atoms with van der Waals surface area (Å²) in [7, 11) is 0. The minimum atomic E-state index is 0.123. The van der Waals surface area contributed by atoms with Crippen molar-refractivity contribution in [2.45, 2.75) is 57.3 Å². The third-order valence-corrected chi connectivity index (χ3v) is 6.49. The highest BCUT2D eigenvalue weighted by atomic mass is 127. The summed E-state index contributed by atoms with van der Waals surface area (Å²) < 4.78 is 1.25. The van der Waals surface area contributed by atoms with Gasteiger partial charge in [-0.3, -0.25) is 9.69 Å². The molecule has 0 unspecified atom stereocenters. The number of likely N-dealkylation sites (tertiary alicyclic amines) is 1. The van der Waals surface area contributed by atoms with Crippen LogP contribution in [0.5, 0.6) is 0 Å². The van der Waals surface area contributed by atoms with E-state index in [-0.39, 0.29) is 5.91 Å². The average Bonchev–Trinajstić information content (AvgIpc) is 2.65. The Kier molecular flexibility index (Phi) is 7.59. The largest absolute Gasteiger partial charge is 0.325 e. The van der Waals surface area contributed by atoms with Crippen molar-refractivity contribution in [2.75, 3.05) is 29.4 Å². The van der Waals surface area contributed by atoms with E-state index in [1.165, 1.54) is 61.4 Å². The second-order valence-electron chi connectivity index (χ2n) is 7.70. The van der Waals surface area contributed by atoms with Crippen LogP contribution in [-0.2, 0) is 4.79 Å². The van der Waals surface area contributed by atoms with Gasteiger partial charge in [0.2, 0.25) is 5.91 Å². The normalized spacial score (nSPS) is 20.5. The van der Waals surface area contributed by atoms with Gasteiger partial charge in [-0.2, -0.15) is 0 Å². The highest BCUT2D eigenvalue weighted by molar-refractivity contribution is 14.1. The number of piperidine rings is 1. The molecule has 4 heteroatoms. The van der Waals surface area contributed by atoms with E-state index in [2.05, 4.69) is 57.1 Å². The van der Waals surface area contributed by atoms with Gasteiger partial charge in [-0.1, -0.05) is 54.0 Å². The molecule has 1 heterocycles. The molecule has 1 N–H and O–H groups in total. The molecule has 0 spiro atoms. The minimum absolute atomic E-state index is 0.123. The van der Waals surface area contributed by atoms with E-state index >= 15 is 0 Å². The molecular weight excluding hydrogens is 423 g/mol. The Labute approximate surface area is 166 Å². The number of rotatable bonds is 6. The number of carbonyl (C=O) groups excluding carboxylic acids is 1. The van der Waals surface area contributed by atoms with E-state index in [1.807, 2.05) is 0 Å². The molecule has 1 saturated carbocycles. The van der Waals surface area contributed by atoms with Crippen LogP contribution in [0.3, 0.4) is 0 Å². The maximum Gasteiger partial charge on any atom is 0.238 e. The zero-order valence-electron chi connectivity index (χ0n) is 15.2. The summed E-state index contributed by atoms with van der Waals surface area (Å²) in [6.07, 6.45) is 10.6. The number of hydrogen-bond donors (Lipinski definition) is 1. The lowest BCUT2D eigenvalue weighted by Gasteiger charge is -2.31. The van der Waals surface area contributed by atoms with Gasteiger partial charge in [-0.25, -0.2) is 0 Å². The Morgan fingerprint density at radius 3 is 2.36 bits per heavy atom. The smallest absolute Gasteiger partial charge is 0.238 e. The molecule has 0 radical (unpaired) electrons. The third-order valence-electron chi connectivity index (χ3n) is 5.86. The van der Waals surface area contributed by atoms with Crippen LogP contribution in [0.15, 0.2) is 24.3 Å². The van der Waals surface area contributed by atoms with Gasteiger partial charge in [0, 0.05) is 5.69 Å². The summed E-state index contributed by atoms with van der Waals surface area (Å²) in [5.41, 5.74) is 2.37. The molecule has 25 heavy (non-hydrogen) atoms. The summed E-state index contributed by atoms with van der Waals surface area (Å²) >= 11 is 2.47. The summed E-state index contributed by atoms with van der Waals surface area (Å²) in [4.78, 5) is 14.6. The Hall–Kier alpha value is -0.620. The van der Waals surface area contributed by atoms with Crippen LogP contribution >= 0.6 is 22.6 Å².